The minimum absolute atomic E-state index is 0.0703. The molecule has 0 bridgehead atoms. The van der Waals surface area contributed by atoms with Crippen LogP contribution in [0.3, 0.4) is 0 Å². The zero-order valence-corrected chi connectivity index (χ0v) is 18.0. The molecule has 0 unspecified atom stereocenters. The summed E-state index contributed by atoms with van der Waals surface area (Å²) in [5.74, 6) is 1.44. The Bertz CT molecular complexity index is 1380. The maximum atomic E-state index is 11.6. The molecular formula is C18H15Cl2N5O4S. The number of methoxy groups -OCH3 is 2. The first-order valence-corrected chi connectivity index (χ1v) is 10.7. The fourth-order valence-electron chi connectivity index (χ4n) is 3.02. The van der Waals surface area contributed by atoms with Gasteiger partial charge < -0.3 is 14.8 Å². The Labute approximate surface area is 181 Å². The summed E-state index contributed by atoms with van der Waals surface area (Å²) in [5, 5.41) is 8.35. The van der Waals surface area contributed by atoms with Gasteiger partial charge in [-0.2, -0.15) is 0 Å². The molecule has 0 atom stereocenters. The molecule has 0 saturated heterocycles. The number of sulfonamides is 1. The van der Waals surface area contributed by atoms with Crippen LogP contribution in [-0.4, -0.2) is 37.0 Å². The molecule has 3 N–H and O–H groups in total. The minimum Gasteiger partial charge on any atom is -0.493 e. The van der Waals surface area contributed by atoms with Gasteiger partial charge in [0.25, 0.3) is 0 Å². The van der Waals surface area contributed by atoms with Gasteiger partial charge in [-0.1, -0.05) is 23.2 Å². The predicted octanol–water partition coefficient (Wildman–Crippen LogP) is 3.60. The third-order valence-corrected chi connectivity index (χ3v) is 5.92. The number of fused-ring (bicyclic) bond motifs is 3. The van der Waals surface area contributed by atoms with Crippen molar-refractivity contribution >= 4 is 61.4 Å². The van der Waals surface area contributed by atoms with Gasteiger partial charge in [-0.05, 0) is 12.1 Å². The van der Waals surface area contributed by atoms with E-state index in [9.17, 15) is 8.42 Å². The van der Waals surface area contributed by atoms with E-state index in [2.05, 4.69) is 15.3 Å². The highest BCUT2D eigenvalue weighted by molar-refractivity contribution is 7.89. The van der Waals surface area contributed by atoms with Crippen molar-refractivity contribution < 1.29 is 17.9 Å². The number of benzene rings is 2. The van der Waals surface area contributed by atoms with Gasteiger partial charge in [-0.25, -0.2) is 18.5 Å². The summed E-state index contributed by atoms with van der Waals surface area (Å²) in [5.41, 5.74) is 2.32. The molecule has 0 aliphatic heterocycles. The number of aromatic nitrogens is 3. The van der Waals surface area contributed by atoms with Crippen LogP contribution >= 0.6 is 23.2 Å². The number of nitrogens with one attached hydrogen (secondary N) is 1. The number of halogens is 2. The van der Waals surface area contributed by atoms with Gasteiger partial charge in [0, 0.05) is 12.1 Å². The van der Waals surface area contributed by atoms with E-state index >= 15 is 0 Å². The number of ether oxygens (including phenoxy) is 2. The van der Waals surface area contributed by atoms with Gasteiger partial charge in [0.05, 0.1) is 63.8 Å². The highest BCUT2D eigenvalue weighted by atomic mass is 35.5. The molecule has 12 heteroatoms. The molecule has 0 aliphatic rings. The van der Waals surface area contributed by atoms with E-state index in [-0.39, 0.29) is 20.6 Å². The average Bonchev–Trinajstić information content (AvgIpc) is 3.11. The van der Waals surface area contributed by atoms with Gasteiger partial charge in [-0.3, -0.25) is 9.38 Å². The molecule has 9 nitrogen and oxygen atoms in total. The summed E-state index contributed by atoms with van der Waals surface area (Å²) < 4.78 is 35.7. The van der Waals surface area contributed by atoms with E-state index in [1.54, 1.807) is 36.0 Å². The van der Waals surface area contributed by atoms with Gasteiger partial charge in [0.1, 0.15) is 0 Å². The lowest BCUT2D eigenvalue weighted by Crippen LogP contribution is -2.12. The van der Waals surface area contributed by atoms with E-state index in [1.807, 2.05) is 0 Å². The monoisotopic (exact) mass is 467 g/mol. The van der Waals surface area contributed by atoms with Crippen LogP contribution in [-0.2, 0) is 10.0 Å². The van der Waals surface area contributed by atoms with Crippen molar-refractivity contribution in [1.29, 1.82) is 0 Å². The molecule has 0 saturated carbocycles. The second-order valence-electron chi connectivity index (χ2n) is 6.23. The number of anilines is 2. The van der Waals surface area contributed by atoms with Gasteiger partial charge >= 0.3 is 0 Å². The van der Waals surface area contributed by atoms with E-state index in [4.69, 9.17) is 37.8 Å². The number of imidazole rings is 1. The molecule has 156 valence electrons. The fraction of sp³-hybridized carbons (Fsp3) is 0.111. The third-order valence-electron chi connectivity index (χ3n) is 4.43. The molecule has 0 amide bonds. The van der Waals surface area contributed by atoms with Crippen molar-refractivity contribution in [2.24, 2.45) is 5.14 Å². The summed E-state index contributed by atoms with van der Waals surface area (Å²) in [6.07, 6.45) is 3.27. The van der Waals surface area contributed by atoms with Crippen molar-refractivity contribution in [3.05, 3.63) is 46.7 Å². The predicted molar refractivity (Wildman–Crippen MR) is 115 cm³/mol. The van der Waals surface area contributed by atoms with Crippen LogP contribution in [0.25, 0.3) is 16.6 Å². The Morgan fingerprint density at radius 1 is 1.00 bits per heavy atom. The largest absolute Gasteiger partial charge is 0.493 e. The fourth-order valence-corrected chi connectivity index (χ4v) is 4.29. The van der Waals surface area contributed by atoms with Crippen molar-refractivity contribution in [2.75, 3.05) is 19.5 Å². The first-order valence-electron chi connectivity index (χ1n) is 8.40. The van der Waals surface area contributed by atoms with Crippen LogP contribution in [0.5, 0.6) is 11.5 Å². The number of rotatable bonds is 5. The van der Waals surface area contributed by atoms with E-state index in [1.165, 1.54) is 19.2 Å². The van der Waals surface area contributed by atoms with Gasteiger partial charge in [0.2, 0.25) is 16.0 Å². The highest BCUT2D eigenvalue weighted by Gasteiger charge is 2.18. The van der Waals surface area contributed by atoms with Crippen LogP contribution in [0.15, 0.2) is 41.6 Å². The van der Waals surface area contributed by atoms with Gasteiger partial charge in [0.15, 0.2) is 11.5 Å². The Kier molecular flexibility index (Phi) is 5.10. The molecule has 2 heterocycles. The quantitative estimate of drug-likeness (QED) is 0.459. The second-order valence-corrected chi connectivity index (χ2v) is 8.60. The van der Waals surface area contributed by atoms with Crippen molar-refractivity contribution in [3.63, 3.8) is 0 Å². The standard InChI is InChI=1S/C18H15Cl2N5O4S/c1-28-15-5-13-14(6-16(15)29-2)25-9(7-22-13)8-23-18(25)24-17-11(19)3-10(4-12(17)20)30(21,26)27/h3-8H,1-2H3,(H,23,24)(H2,21,26,27). The maximum absolute atomic E-state index is 11.6. The smallest absolute Gasteiger partial charge is 0.238 e. The van der Waals surface area contributed by atoms with E-state index in [0.717, 1.165) is 0 Å². The van der Waals surface area contributed by atoms with Crippen molar-refractivity contribution in [3.8, 4) is 11.5 Å². The first kappa shape index (κ1) is 20.5. The number of primary sulfonamides is 1. The Balaban J connectivity index is 1.89. The Hall–Kier alpha value is -2.79. The number of hydrogen-bond donors (Lipinski definition) is 2. The number of nitrogens with two attached hydrogens (primary N) is 1. The Morgan fingerprint density at radius 2 is 1.60 bits per heavy atom. The van der Waals surface area contributed by atoms with Crippen molar-refractivity contribution in [2.45, 2.75) is 4.90 Å². The van der Waals surface area contributed by atoms with Gasteiger partial charge in [-0.15, -0.1) is 0 Å². The van der Waals surface area contributed by atoms with Crippen molar-refractivity contribution in [1.82, 2.24) is 14.4 Å². The van der Waals surface area contributed by atoms with E-state index in [0.29, 0.717) is 34.0 Å². The summed E-state index contributed by atoms with van der Waals surface area (Å²) in [7, 11) is -0.874. The molecule has 0 aliphatic carbocycles. The molecule has 4 aromatic rings. The number of hydrogen-bond acceptors (Lipinski definition) is 7. The molecule has 2 aromatic carbocycles. The summed E-state index contributed by atoms with van der Waals surface area (Å²) in [6.45, 7) is 0. The zero-order valence-electron chi connectivity index (χ0n) is 15.7. The maximum Gasteiger partial charge on any atom is 0.238 e. The summed E-state index contributed by atoms with van der Waals surface area (Å²) in [6, 6.07) is 5.95. The highest BCUT2D eigenvalue weighted by Crippen LogP contribution is 2.37. The normalized spacial score (nSPS) is 11.8. The lowest BCUT2D eigenvalue weighted by atomic mass is 10.2. The topological polar surface area (TPSA) is 121 Å². The Morgan fingerprint density at radius 3 is 2.20 bits per heavy atom. The van der Waals surface area contributed by atoms with Crippen LogP contribution in [0.4, 0.5) is 11.6 Å². The van der Waals surface area contributed by atoms with E-state index < -0.39 is 10.0 Å². The van der Waals surface area contributed by atoms with Crippen LogP contribution < -0.4 is 19.9 Å². The lowest BCUT2D eigenvalue weighted by Gasteiger charge is -2.13. The molecule has 30 heavy (non-hydrogen) atoms. The minimum atomic E-state index is -3.96. The molecule has 0 spiro atoms. The molecular weight excluding hydrogens is 453 g/mol. The third kappa shape index (κ3) is 3.47. The molecule has 4 rings (SSSR count). The second kappa shape index (κ2) is 7.47. The number of nitrogens with zero attached hydrogens (tertiary/aromatic N) is 3. The lowest BCUT2D eigenvalue weighted by molar-refractivity contribution is 0.355. The SMILES string of the molecule is COc1cc2ncc3cnc(Nc4c(Cl)cc(S(N)(=O)=O)cc4Cl)n3c2cc1OC. The zero-order chi connectivity index (χ0) is 21.6. The van der Waals surface area contributed by atoms with Crippen LogP contribution in [0.2, 0.25) is 10.0 Å². The average molecular weight is 468 g/mol. The summed E-state index contributed by atoms with van der Waals surface area (Å²) in [4.78, 5) is 8.61. The van der Waals surface area contributed by atoms with Crippen LogP contribution in [0.1, 0.15) is 0 Å². The van der Waals surface area contributed by atoms with Crippen LogP contribution in [0, 0.1) is 0 Å². The summed E-state index contributed by atoms with van der Waals surface area (Å²) >= 11 is 12.5. The molecule has 0 fully saturated rings. The molecule has 0 radical (unpaired) electrons. The first-order chi connectivity index (χ1) is 14.2. The molecule has 2 aromatic heterocycles.